The Morgan fingerprint density at radius 2 is 2.17 bits per heavy atom. The highest BCUT2D eigenvalue weighted by Gasteiger charge is 2.22. The Kier molecular flexibility index (Phi) is 3.52. The fourth-order valence-electron chi connectivity index (χ4n) is 2.20. The fourth-order valence-corrected chi connectivity index (χ4v) is 2.20. The average molecular weight is 250 g/mol. The van der Waals surface area contributed by atoms with E-state index in [2.05, 4.69) is 18.9 Å². The van der Waals surface area contributed by atoms with E-state index < -0.39 is 0 Å². The van der Waals surface area contributed by atoms with Crippen LogP contribution in [0.4, 0.5) is 10.1 Å². The molecule has 98 valence electrons. The molecular weight excluding hydrogens is 231 g/mol. The Balaban J connectivity index is 2.21. The van der Waals surface area contributed by atoms with Gasteiger partial charge in [0, 0.05) is 31.2 Å². The molecule has 4 nitrogen and oxygen atoms in total. The summed E-state index contributed by atoms with van der Waals surface area (Å²) in [6, 6.07) is 5.15. The highest BCUT2D eigenvalue weighted by Crippen LogP contribution is 2.23. The molecule has 0 aliphatic carbocycles. The van der Waals surface area contributed by atoms with Crippen molar-refractivity contribution in [3.8, 4) is 0 Å². The van der Waals surface area contributed by atoms with Crippen LogP contribution in [0.15, 0.2) is 18.2 Å². The molecule has 3 N–H and O–H groups in total. The molecular formula is C13H19FN4. The van der Waals surface area contributed by atoms with Gasteiger partial charge in [-0.1, -0.05) is 0 Å². The van der Waals surface area contributed by atoms with Crippen LogP contribution >= 0.6 is 0 Å². The molecule has 1 aromatic carbocycles. The lowest BCUT2D eigenvalue weighted by molar-refractivity contribution is 0.233. The molecule has 1 unspecified atom stereocenters. The van der Waals surface area contributed by atoms with E-state index >= 15 is 0 Å². The van der Waals surface area contributed by atoms with Crippen LogP contribution < -0.4 is 10.6 Å². The molecule has 0 radical (unpaired) electrons. The van der Waals surface area contributed by atoms with E-state index in [9.17, 15) is 4.39 Å². The van der Waals surface area contributed by atoms with Crippen molar-refractivity contribution < 1.29 is 4.39 Å². The van der Waals surface area contributed by atoms with Crippen molar-refractivity contribution in [3.63, 3.8) is 0 Å². The normalized spacial score (nSPS) is 21.1. The number of hydrogen-bond acceptors (Lipinski definition) is 3. The molecule has 1 aliphatic rings. The maximum atomic E-state index is 14.0. The van der Waals surface area contributed by atoms with Crippen LogP contribution in [0.2, 0.25) is 0 Å². The van der Waals surface area contributed by atoms with E-state index in [0.29, 0.717) is 17.3 Å². The van der Waals surface area contributed by atoms with Gasteiger partial charge in [-0.15, -0.1) is 0 Å². The van der Waals surface area contributed by atoms with Gasteiger partial charge >= 0.3 is 0 Å². The molecule has 1 heterocycles. The first-order chi connectivity index (χ1) is 8.49. The molecule has 1 atom stereocenters. The van der Waals surface area contributed by atoms with Crippen LogP contribution in [0.5, 0.6) is 0 Å². The minimum atomic E-state index is -0.306. The largest absolute Gasteiger partial charge is 0.384 e. The summed E-state index contributed by atoms with van der Waals surface area (Å²) in [5.41, 5.74) is 6.37. The SMILES string of the molecule is CC1CN(c2ccc(C(=N)N)cc2F)CCN1C. The van der Waals surface area contributed by atoms with Gasteiger partial charge in [0.25, 0.3) is 0 Å². The summed E-state index contributed by atoms with van der Waals surface area (Å²) in [5, 5.41) is 7.30. The smallest absolute Gasteiger partial charge is 0.147 e. The Morgan fingerprint density at radius 1 is 1.44 bits per heavy atom. The minimum Gasteiger partial charge on any atom is -0.384 e. The van der Waals surface area contributed by atoms with Gasteiger partial charge < -0.3 is 15.5 Å². The monoisotopic (exact) mass is 250 g/mol. The highest BCUT2D eigenvalue weighted by molar-refractivity contribution is 5.95. The zero-order valence-corrected chi connectivity index (χ0v) is 10.8. The quantitative estimate of drug-likeness (QED) is 0.613. The summed E-state index contributed by atoms with van der Waals surface area (Å²) in [5.74, 6) is -0.411. The maximum absolute atomic E-state index is 14.0. The predicted molar refractivity (Wildman–Crippen MR) is 71.7 cm³/mol. The van der Waals surface area contributed by atoms with E-state index in [0.717, 1.165) is 19.6 Å². The second kappa shape index (κ2) is 4.94. The van der Waals surface area contributed by atoms with Crippen LogP contribution in [0.3, 0.4) is 0 Å². The van der Waals surface area contributed by atoms with Gasteiger partial charge in [0.05, 0.1) is 5.69 Å². The van der Waals surface area contributed by atoms with Crippen LogP contribution in [-0.4, -0.2) is 43.5 Å². The molecule has 1 saturated heterocycles. The minimum absolute atomic E-state index is 0.104. The fraction of sp³-hybridized carbons (Fsp3) is 0.462. The number of nitrogens with one attached hydrogen (secondary N) is 1. The van der Waals surface area contributed by atoms with Gasteiger partial charge in [0.2, 0.25) is 0 Å². The molecule has 2 rings (SSSR count). The number of anilines is 1. The van der Waals surface area contributed by atoms with Crippen LogP contribution in [0.25, 0.3) is 0 Å². The number of nitrogens with zero attached hydrogens (tertiary/aromatic N) is 2. The Morgan fingerprint density at radius 3 is 2.72 bits per heavy atom. The number of likely N-dealkylation sites (N-methyl/N-ethyl adjacent to an activating group) is 1. The lowest BCUT2D eigenvalue weighted by Crippen LogP contribution is -2.50. The number of nitrogen functional groups attached to an aromatic ring is 1. The van der Waals surface area contributed by atoms with Gasteiger partial charge in [-0.3, -0.25) is 5.41 Å². The topological polar surface area (TPSA) is 56.4 Å². The van der Waals surface area contributed by atoms with Gasteiger partial charge in [0.15, 0.2) is 0 Å². The number of hydrogen-bond donors (Lipinski definition) is 2. The van der Waals surface area contributed by atoms with E-state index in [1.165, 1.54) is 6.07 Å². The molecule has 0 bridgehead atoms. The number of nitrogens with two attached hydrogens (primary N) is 1. The van der Waals surface area contributed by atoms with Gasteiger partial charge in [-0.2, -0.15) is 0 Å². The number of rotatable bonds is 2. The van der Waals surface area contributed by atoms with Crippen molar-refractivity contribution in [2.75, 3.05) is 31.6 Å². The zero-order valence-electron chi connectivity index (χ0n) is 10.8. The van der Waals surface area contributed by atoms with Crippen molar-refractivity contribution >= 4 is 11.5 Å². The van der Waals surface area contributed by atoms with Crippen LogP contribution in [0.1, 0.15) is 12.5 Å². The number of piperazine rings is 1. The first kappa shape index (κ1) is 12.8. The Labute approximate surface area is 107 Å². The van der Waals surface area contributed by atoms with Crippen molar-refractivity contribution in [3.05, 3.63) is 29.6 Å². The average Bonchev–Trinajstić information content (AvgIpc) is 2.32. The standard InChI is InChI=1S/C13H19FN4/c1-9-8-18(6-5-17(9)2)12-4-3-10(13(15)16)7-11(12)14/h3-4,7,9H,5-6,8H2,1-2H3,(H3,15,16). The molecule has 5 heteroatoms. The molecule has 0 saturated carbocycles. The molecule has 1 fully saturated rings. The molecule has 1 aromatic rings. The third-order valence-corrected chi connectivity index (χ3v) is 3.56. The second-order valence-corrected chi connectivity index (χ2v) is 4.86. The van der Waals surface area contributed by atoms with Gasteiger partial charge in [-0.05, 0) is 32.2 Å². The number of amidine groups is 1. The van der Waals surface area contributed by atoms with Crippen molar-refractivity contribution in [2.24, 2.45) is 5.73 Å². The first-order valence-corrected chi connectivity index (χ1v) is 6.08. The van der Waals surface area contributed by atoms with E-state index in [1.54, 1.807) is 12.1 Å². The van der Waals surface area contributed by atoms with Crippen molar-refractivity contribution in [1.29, 1.82) is 5.41 Å². The third kappa shape index (κ3) is 2.46. The predicted octanol–water partition coefficient (Wildman–Crippen LogP) is 1.25. The first-order valence-electron chi connectivity index (χ1n) is 6.08. The van der Waals surface area contributed by atoms with E-state index in [-0.39, 0.29) is 11.7 Å². The van der Waals surface area contributed by atoms with E-state index in [4.69, 9.17) is 11.1 Å². The highest BCUT2D eigenvalue weighted by atomic mass is 19.1. The molecule has 0 aromatic heterocycles. The maximum Gasteiger partial charge on any atom is 0.147 e. The number of halogens is 1. The molecule has 0 amide bonds. The summed E-state index contributed by atoms with van der Waals surface area (Å²) in [6.07, 6.45) is 0. The van der Waals surface area contributed by atoms with Crippen molar-refractivity contribution in [2.45, 2.75) is 13.0 Å². The summed E-state index contributed by atoms with van der Waals surface area (Å²) in [7, 11) is 2.08. The molecule has 18 heavy (non-hydrogen) atoms. The van der Waals surface area contributed by atoms with Crippen LogP contribution in [-0.2, 0) is 0 Å². The van der Waals surface area contributed by atoms with Crippen LogP contribution in [0, 0.1) is 11.2 Å². The Bertz CT molecular complexity index is 460. The number of benzene rings is 1. The summed E-state index contributed by atoms with van der Waals surface area (Å²) in [4.78, 5) is 4.31. The second-order valence-electron chi connectivity index (χ2n) is 4.86. The van der Waals surface area contributed by atoms with Gasteiger partial charge in [-0.25, -0.2) is 4.39 Å². The summed E-state index contributed by atoms with van der Waals surface area (Å²) >= 11 is 0. The molecule has 1 aliphatic heterocycles. The third-order valence-electron chi connectivity index (χ3n) is 3.56. The summed E-state index contributed by atoms with van der Waals surface area (Å²) < 4.78 is 14.0. The van der Waals surface area contributed by atoms with Gasteiger partial charge in [0.1, 0.15) is 11.7 Å². The summed E-state index contributed by atoms with van der Waals surface area (Å²) in [6.45, 7) is 4.69. The van der Waals surface area contributed by atoms with E-state index in [1.807, 2.05) is 4.90 Å². The lowest BCUT2D eigenvalue weighted by Gasteiger charge is -2.39. The molecule has 0 spiro atoms. The lowest BCUT2D eigenvalue weighted by atomic mass is 10.1. The zero-order chi connectivity index (χ0) is 13.3. The van der Waals surface area contributed by atoms with Crippen molar-refractivity contribution in [1.82, 2.24) is 4.90 Å². The Hall–Kier alpha value is -1.62.